The van der Waals surface area contributed by atoms with E-state index < -0.39 is 0 Å². The van der Waals surface area contributed by atoms with Crippen molar-refractivity contribution in [3.05, 3.63) is 95.2 Å². The molecule has 0 saturated carbocycles. The summed E-state index contributed by atoms with van der Waals surface area (Å²) >= 11 is 1.42. The van der Waals surface area contributed by atoms with Crippen molar-refractivity contribution in [2.45, 2.75) is 25.7 Å². The zero-order valence-corrected chi connectivity index (χ0v) is 18.5. The number of hydrogen-bond donors (Lipinski definition) is 3. The fraction of sp³-hybridized carbons (Fsp3) is 0.167. The Hall–Kier alpha value is -3.09. The van der Waals surface area contributed by atoms with E-state index in [1.165, 1.54) is 11.9 Å². The minimum Gasteiger partial charge on any atom is -0.322 e. The van der Waals surface area contributed by atoms with Gasteiger partial charge in [-0.05, 0) is 82.3 Å². The summed E-state index contributed by atoms with van der Waals surface area (Å²) < 4.78 is 2.99. The molecule has 30 heavy (non-hydrogen) atoms. The number of amides is 2. The minimum absolute atomic E-state index is 0.282. The Morgan fingerprint density at radius 3 is 2.47 bits per heavy atom. The lowest BCUT2D eigenvalue weighted by Gasteiger charge is -2.13. The fourth-order valence-electron chi connectivity index (χ4n) is 2.58. The Balaban J connectivity index is 2.28. The molecule has 2 rings (SSSR count). The smallest absolute Gasteiger partial charge is 0.257 e. The molecule has 0 spiro atoms. The summed E-state index contributed by atoms with van der Waals surface area (Å²) in [6.07, 6.45) is 5.27. The van der Waals surface area contributed by atoms with Gasteiger partial charge in [-0.3, -0.25) is 14.3 Å². The highest BCUT2D eigenvalue weighted by atomic mass is 32.2. The maximum absolute atomic E-state index is 12.9. The Kier molecular flexibility index (Phi) is 8.65. The Morgan fingerprint density at radius 1 is 1.03 bits per heavy atom. The Bertz CT molecular complexity index is 1010. The number of benzene rings is 2. The number of allylic oxidation sites excluding steroid dienone is 4. The van der Waals surface area contributed by atoms with Gasteiger partial charge in [0.25, 0.3) is 11.8 Å². The first kappa shape index (κ1) is 23.2. The van der Waals surface area contributed by atoms with Gasteiger partial charge in [0.15, 0.2) is 0 Å². The maximum Gasteiger partial charge on any atom is 0.257 e. The quantitative estimate of drug-likeness (QED) is 0.403. The molecule has 2 aromatic rings. The molecule has 0 aromatic heterocycles. The van der Waals surface area contributed by atoms with Gasteiger partial charge in [0.05, 0.1) is 11.3 Å². The van der Waals surface area contributed by atoms with Gasteiger partial charge in [-0.15, -0.1) is 0 Å². The number of hydrogen-bond acceptors (Lipinski definition) is 4. The molecular formula is C24H27N3O2S. The van der Waals surface area contributed by atoms with Crippen molar-refractivity contribution in [2.24, 2.45) is 0 Å². The molecule has 3 N–H and O–H groups in total. The summed E-state index contributed by atoms with van der Waals surface area (Å²) in [7, 11) is 1.82. The second-order valence-corrected chi connectivity index (χ2v) is 7.95. The number of rotatable bonds is 8. The third-order valence-electron chi connectivity index (χ3n) is 4.06. The molecule has 0 heterocycles. The lowest BCUT2D eigenvalue weighted by molar-refractivity contribution is 0.0968. The lowest BCUT2D eigenvalue weighted by atomic mass is 10.1. The molecule has 0 aliphatic carbocycles. The SMILES string of the molecule is C=C/C(=C\C=C(C)C)NC(=O)c1cc(C)ccc1NC(=O)c1cccc(SNC)c1. The van der Waals surface area contributed by atoms with Crippen LogP contribution in [0.15, 0.2) is 83.4 Å². The molecule has 5 nitrogen and oxygen atoms in total. The van der Waals surface area contributed by atoms with Crippen LogP contribution in [0.25, 0.3) is 0 Å². The van der Waals surface area contributed by atoms with Crippen LogP contribution in [0.4, 0.5) is 5.69 Å². The van der Waals surface area contributed by atoms with Gasteiger partial charge in [-0.1, -0.05) is 35.9 Å². The molecule has 0 saturated heterocycles. The van der Waals surface area contributed by atoms with E-state index in [0.29, 0.717) is 22.5 Å². The zero-order valence-electron chi connectivity index (χ0n) is 17.7. The molecule has 0 aliphatic heterocycles. The fourth-order valence-corrected chi connectivity index (χ4v) is 3.15. The highest BCUT2D eigenvalue weighted by molar-refractivity contribution is 7.97. The molecule has 6 heteroatoms. The van der Waals surface area contributed by atoms with E-state index in [4.69, 9.17) is 0 Å². The molecule has 0 fully saturated rings. The van der Waals surface area contributed by atoms with E-state index in [0.717, 1.165) is 16.0 Å². The first-order valence-corrected chi connectivity index (χ1v) is 10.3. The summed E-state index contributed by atoms with van der Waals surface area (Å²) in [6.45, 7) is 9.58. The van der Waals surface area contributed by atoms with Crippen molar-refractivity contribution >= 4 is 29.4 Å². The molecule has 2 amide bonds. The van der Waals surface area contributed by atoms with Gasteiger partial charge in [0.2, 0.25) is 0 Å². The third kappa shape index (κ3) is 6.76. The van der Waals surface area contributed by atoms with Crippen molar-refractivity contribution in [1.29, 1.82) is 0 Å². The predicted molar refractivity (Wildman–Crippen MR) is 126 cm³/mol. The summed E-state index contributed by atoms with van der Waals surface area (Å²) in [6, 6.07) is 12.6. The lowest BCUT2D eigenvalue weighted by Crippen LogP contribution is -2.24. The van der Waals surface area contributed by atoms with Gasteiger partial charge in [-0.25, -0.2) is 0 Å². The maximum atomic E-state index is 12.9. The van der Waals surface area contributed by atoms with Gasteiger partial charge in [0.1, 0.15) is 0 Å². The van der Waals surface area contributed by atoms with Crippen LogP contribution in [0.1, 0.15) is 40.1 Å². The highest BCUT2D eigenvalue weighted by Crippen LogP contribution is 2.21. The third-order valence-corrected chi connectivity index (χ3v) is 4.75. The topological polar surface area (TPSA) is 70.2 Å². The molecule has 0 atom stereocenters. The molecule has 0 unspecified atom stereocenters. The van der Waals surface area contributed by atoms with Gasteiger partial charge in [-0.2, -0.15) is 0 Å². The summed E-state index contributed by atoms with van der Waals surface area (Å²) in [5.74, 6) is -0.600. The van der Waals surface area contributed by atoms with Crippen LogP contribution in [0.2, 0.25) is 0 Å². The normalized spacial score (nSPS) is 10.9. The van der Waals surface area contributed by atoms with E-state index in [2.05, 4.69) is 21.9 Å². The molecule has 2 aromatic carbocycles. The van der Waals surface area contributed by atoms with Crippen molar-refractivity contribution < 1.29 is 9.59 Å². The average molecular weight is 422 g/mol. The molecule has 0 radical (unpaired) electrons. The first-order chi connectivity index (χ1) is 14.3. The van der Waals surface area contributed by atoms with E-state index in [-0.39, 0.29) is 11.8 Å². The number of carbonyl (C=O) groups is 2. The van der Waals surface area contributed by atoms with Crippen LogP contribution in [0.3, 0.4) is 0 Å². The second kappa shape index (κ2) is 11.2. The van der Waals surface area contributed by atoms with Crippen molar-refractivity contribution in [1.82, 2.24) is 10.0 Å². The largest absolute Gasteiger partial charge is 0.322 e. The van der Waals surface area contributed by atoms with Gasteiger partial charge >= 0.3 is 0 Å². The summed E-state index contributed by atoms with van der Waals surface area (Å²) in [5.41, 5.74) is 3.94. The standard InChI is InChI=1S/C24H27N3O2S/c1-6-19(12-10-16(2)3)26-24(29)21-14-17(4)11-13-22(21)27-23(28)18-8-7-9-20(15-18)30-25-5/h6-15,25H,1H2,2-5H3,(H,26,29)(H,27,28)/b19-12+. The van der Waals surface area contributed by atoms with Crippen molar-refractivity contribution in [2.75, 3.05) is 12.4 Å². The molecule has 0 bridgehead atoms. The Morgan fingerprint density at radius 2 is 1.80 bits per heavy atom. The zero-order chi connectivity index (χ0) is 22.1. The van der Waals surface area contributed by atoms with E-state index in [1.54, 1.807) is 36.4 Å². The van der Waals surface area contributed by atoms with Crippen LogP contribution >= 0.6 is 11.9 Å². The van der Waals surface area contributed by atoms with Crippen LogP contribution in [0.5, 0.6) is 0 Å². The Labute approximate surface area is 182 Å². The van der Waals surface area contributed by atoms with Crippen LogP contribution in [-0.4, -0.2) is 18.9 Å². The van der Waals surface area contributed by atoms with E-state index in [1.807, 2.05) is 52.1 Å². The average Bonchev–Trinajstić information content (AvgIpc) is 2.72. The van der Waals surface area contributed by atoms with Crippen LogP contribution in [-0.2, 0) is 0 Å². The highest BCUT2D eigenvalue weighted by Gasteiger charge is 2.15. The molecule has 156 valence electrons. The summed E-state index contributed by atoms with van der Waals surface area (Å²) in [4.78, 5) is 26.6. The van der Waals surface area contributed by atoms with E-state index in [9.17, 15) is 9.59 Å². The van der Waals surface area contributed by atoms with Crippen LogP contribution in [0, 0.1) is 6.92 Å². The molecule has 0 aliphatic rings. The second-order valence-electron chi connectivity index (χ2n) is 6.86. The number of carbonyl (C=O) groups excluding carboxylic acids is 2. The number of nitrogens with one attached hydrogen (secondary N) is 3. The van der Waals surface area contributed by atoms with Crippen LogP contribution < -0.4 is 15.4 Å². The van der Waals surface area contributed by atoms with Crippen molar-refractivity contribution in [3.8, 4) is 0 Å². The molecular weight excluding hydrogens is 394 g/mol. The van der Waals surface area contributed by atoms with E-state index >= 15 is 0 Å². The summed E-state index contributed by atoms with van der Waals surface area (Å²) in [5, 5.41) is 5.70. The number of anilines is 1. The van der Waals surface area contributed by atoms with Gasteiger partial charge in [0, 0.05) is 16.2 Å². The number of aryl methyl sites for hydroxylation is 1. The monoisotopic (exact) mass is 421 g/mol. The van der Waals surface area contributed by atoms with Crippen molar-refractivity contribution in [3.63, 3.8) is 0 Å². The van der Waals surface area contributed by atoms with Gasteiger partial charge < -0.3 is 10.6 Å². The first-order valence-electron chi connectivity index (χ1n) is 9.48. The predicted octanol–water partition coefficient (Wildman–Crippen LogP) is 5.24. The minimum atomic E-state index is -0.318.